The molecule has 108 valence electrons. The van der Waals surface area contributed by atoms with Gasteiger partial charge in [0.05, 0.1) is 5.39 Å². The van der Waals surface area contributed by atoms with E-state index in [4.69, 9.17) is 5.84 Å². The summed E-state index contributed by atoms with van der Waals surface area (Å²) in [5.41, 5.74) is 5.17. The summed E-state index contributed by atoms with van der Waals surface area (Å²) >= 11 is 1.58. The molecular weight excluding hydrogens is 282 g/mol. The Kier molecular flexibility index (Phi) is 3.98. The van der Waals surface area contributed by atoms with Gasteiger partial charge in [0.2, 0.25) is 5.95 Å². The number of nitrogens with two attached hydrogens (primary N) is 1. The molecule has 2 aromatic heterocycles. The van der Waals surface area contributed by atoms with Crippen LogP contribution in [0, 0.1) is 6.92 Å². The van der Waals surface area contributed by atoms with Crippen LogP contribution in [0.25, 0.3) is 10.2 Å². The average molecular weight is 299 g/mol. The number of benzene rings is 1. The van der Waals surface area contributed by atoms with Gasteiger partial charge in [-0.2, -0.15) is 4.98 Å². The first-order valence-electron chi connectivity index (χ1n) is 6.78. The molecule has 0 aliphatic heterocycles. The highest BCUT2D eigenvalue weighted by Gasteiger charge is 2.08. The van der Waals surface area contributed by atoms with Crippen molar-refractivity contribution in [2.75, 3.05) is 17.3 Å². The zero-order valence-electron chi connectivity index (χ0n) is 11.8. The molecule has 3 rings (SSSR count). The Balaban J connectivity index is 1.76. The van der Waals surface area contributed by atoms with E-state index < -0.39 is 0 Å². The van der Waals surface area contributed by atoms with Crippen LogP contribution in [-0.2, 0) is 6.42 Å². The first-order chi connectivity index (χ1) is 10.3. The number of hydrogen-bond donors (Lipinski definition) is 3. The van der Waals surface area contributed by atoms with E-state index in [0.29, 0.717) is 5.95 Å². The summed E-state index contributed by atoms with van der Waals surface area (Å²) in [6.45, 7) is 2.95. The first-order valence-corrected chi connectivity index (χ1v) is 7.66. The molecular formula is C15H17N5S. The minimum Gasteiger partial charge on any atom is -0.369 e. The number of nitrogen functional groups attached to an aromatic ring is 1. The van der Waals surface area contributed by atoms with Crippen LogP contribution in [-0.4, -0.2) is 16.5 Å². The Morgan fingerprint density at radius 1 is 1.19 bits per heavy atom. The van der Waals surface area contributed by atoms with Crippen molar-refractivity contribution in [3.8, 4) is 0 Å². The molecule has 0 amide bonds. The van der Waals surface area contributed by atoms with E-state index in [1.165, 1.54) is 11.1 Å². The maximum Gasteiger partial charge on any atom is 0.240 e. The van der Waals surface area contributed by atoms with Crippen molar-refractivity contribution in [2.24, 2.45) is 5.84 Å². The number of nitrogens with zero attached hydrogens (tertiary/aromatic N) is 2. The van der Waals surface area contributed by atoms with Gasteiger partial charge in [-0.15, -0.1) is 11.3 Å². The summed E-state index contributed by atoms with van der Waals surface area (Å²) in [5, 5.41) is 6.42. The molecule has 0 saturated carbocycles. The van der Waals surface area contributed by atoms with Crippen molar-refractivity contribution in [3.05, 3.63) is 46.8 Å². The molecule has 0 saturated heterocycles. The molecule has 4 N–H and O–H groups in total. The molecule has 0 bridgehead atoms. The maximum absolute atomic E-state index is 5.42. The highest BCUT2D eigenvalue weighted by Crippen LogP contribution is 2.26. The summed E-state index contributed by atoms with van der Waals surface area (Å²) in [6.07, 6.45) is 0.952. The van der Waals surface area contributed by atoms with E-state index in [1.807, 2.05) is 11.4 Å². The highest BCUT2D eigenvalue weighted by atomic mass is 32.1. The van der Waals surface area contributed by atoms with Gasteiger partial charge in [0.25, 0.3) is 0 Å². The highest BCUT2D eigenvalue weighted by molar-refractivity contribution is 7.16. The molecule has 0 fully saturated rings. The van der Waals surface area contributed by atoms with Crippen LogP contribution in [0.1, 0.15) is 11.1 Å². The zero-order valence-corrected chi connectivity index (χ0v) is 12.6. The van der Waals surface area contributed by atoms with Gasteiger partial charge in [-0.05, 0) is 35.9 Å². The number of anilines is 2. The van der Waals surface area contributed by atoms with Crippen LogP contribution in [0.5, 0.6) is 0 Å². The molecule has 21 heavy (non-hydrogen) atoms. The third-order valence-electron chi connectivity index (χ3n) is 3.40. The van der Waals surface area contributed by atoms with Gasteiger partial charge in [-0.3, -0.25) is 5.43 Å². The van der Waals surface area contributed by atoms with Crippen LogP contribution in [0.3, 0.4) is 0 Å². The fourth-order valence-electron chi connectivity index (χ4n) is 2.26. The standard InChI is InChI=1S/C15H17N5S/c1-10-4-2-3-5-11(10)6-8-17-13-12-7-9-21-14(12)19-15(18-13)20-16/h2-5,7,9H,6,8,16H2,1H3,(H2,17,18,19,20). The number of hydrazine groups is 1. The number of nitrogens with one attached hydrogen (secondary N) is 2. The van der Waals surface area contributed by atoms with Gasteiger partial charge in [0.1, 0.15) is 10.6 Å². The number of rotatable bonds is 5. The van der Waals surface area contributed by atoms with Crippen molar-refractivity contribution < 1.29 is 0 Å². The SMILES string of the molecule is Cc1ccccc1CCNc1nc(NN)nc2sccc12. The summed E-state index contributed by atoms with van der Waals surface area (Å²) in [5.74, 6) is 6.68. The van der Waals surface area contributed by atoms with Gasteiger partial charge in [0, 0.05) is 6.54 Å². The van der Waals surface area contributed by atoms with E-state index in [1.54, 1.807) is 11.3 Å². The fourth-order valence-corrected chi connectivity index (χ4v) is 3.02. The van der Waals surface area contributed by atoms with Crippen molar-refractivity contribution in [1.29, 1.82) is 0 Å². The molecule has 0 unspecified atom stereocenters. The second kappa shape index (κ2) is 6.07. The molecule has 3 aromatic rings. The summed E-state index contributed by atoms with van der Waals surface area (Å²) in [7, 11) is 0. The quantitative estimate of drug-likeness (QED) is 0.499. The number of hydrogen-bond acceptors (Lipinski definition) is 6. The molecule has 1 aromatic carbocycles. The van der Waals surface area contributed by atoms with E-state index >= 15 is 0 Å². The number of thiophene rings is 1. The fraction of sp³-hybridized carbons (Fsp3) is 0.200. The monoisotopic (exact) mass is 299 g/mol. The summed E-state index contributed by atoms with van der Waals surface area (Å²) < 4.78 is 0. The van der Waals surface area contributed by atoms with Crippen LogP contribution in [0.2, 0.25) is 0 Å². The minimum atomic E-state index is 0.434. The van der Waals surface area contributed by atoms with Crippen LogP contribution >= 0.6 is 11.3 Å². The van der Waals surface area contributed by atoms with Gasteiger partial charge >= 0.3 is 0 Å². The summed E-state index contributed by atoms with van der Waals surface area (Å²) in [6, 6.07) is 10.4. The Morgan fingerprint density at radius 3 is 2.86 bits per heavy atom. The predicted octanol–water partition coefficient (Wildman–Crippen LogP) is 2.94. The first kappa shape index (κ1) is 13.8. The second-order valence-electron chi connectivity index (χ2n) is 4.78. The molecule has 6 heteroatoms. The second-order valence-corrected chi connectivity index (χ2v) is 5.68. The molecule has 2 heterocycles. The molecule has 0 atom stereocenters. The molecule has 0 radical (unpaired) electrons. The lowest BCUT2D eigenvalue weighted by atomic mass is 10.1. The lowest BCUT2D eigenvalue weighted by Gasteiger charge is -2.09. The topological polar surface area (TPSA) is 75.9 Å². The third-order valence-corrected chi connectivity index (χ3v) is 4.21. The van der Waals surface area contributed by atoms with Crippen LogP contribution in [0.4, 0.5) is 11.8 Å². The largest absolute Gasteiger partial charge is 0.369 e. The average Bonchev–Trinajstić information content (AvgIpc) is 2.97. The van der Waals surface area contributed by atoms with E-state index in [0.717, 1.165) is 29.0 Å². The smallest absolute Gasteiger partial charge is 0.240 e. The molecule has 0 aliphatic carbocycles. The molecule has 0 spiro atoms. The zero-order chi connectivity index (χ0) is 14.7. The maximum atomic E-state index is 5.42. The Morgan fingerprint density at radius 2 is 2.05 bits per heavy atom. The lowest BCUT2D eigenvalue weighted by molar-refractivity contribution is 0.993. The number of aryl methyl sites for hydroxylation is 1. The molecule has 5 nitrogen and oxygen atoms in total. The van der Waals surface area contributed by atoms with Crippen LogP contribution in [0.15, 0.2) is 35.7 Å². The number of fused-ring (bicyclic) bond motifs is 1. The normalized spacial score (nSPS) is 10.8. The van der Waals surface area contributed by atoms with E-state index in [-0.39, 0.29) is 0 Å². The molecule has 0 aliphatic rings. The minimum absolute atomic E-state index is 0.434. The summed E-state index contributed by atoms with van der Waals surface area (Å²) in [4.78, 5) is 9.65. The van der Waals surface area contributed by atoms with Gasteiger partial charge in [-0.1, -0.05) is 24.3 Å². The van der Waals surface area contributed by atoms with E-state index in [2.05, 4.69) is 51.9 Å². The Bertz CT molecular complexity index is 753. The lowest BCUT2D eigenvalue weighted by Crippen LogP contribution is -2.13. The Hall–Kier alpha value is -2.18. The van der Waals surface area contributed by atoms with Crippen LogP contribution < -0.4 is 16.6 Å². The van der Waals surface area contributed by atoms with Crippen molar-refractivity contribution in [1.82, 2.24) is 9.97 Å². The van der Waals surface area contributed by atoms with Crippen molar-refractivity contribution >= 4 is 33.3 Å². The van der Waals surface area contributed by atoms with Gasteiger partial charge in [0.15, 0.2) is 0 Å². The van der Waals surface area contributed by atoms with Gasteiger partial charge < -0.3 is 5.32 Å². The predicted molar refractivity (Wildman–Crippen MR) is 88.6 cm³/mol. The third kappa shape index (κ3) is 2.96. The van der Waals surface area contributed by atoms with Crippen molar-refractivity contribution in [3.63, 3.8) is 0 Å². The Labute approximate surface area is 127 Å². The van der Waals surface area contributed by atoms with Gasteiger partial charge in [-0.25, -0.2) is 10.8 Å². The van der Waals surface area contributed by atoms with Crippen molar-refractivity contribution in [2.45, 2.75) is 13.3 Å². The number of aromatic nitrogens is 2. The van der Waals surface area contributed by atoms with E-state index in [9.17, 15) is 0 Å².